The Balaban J connectivity index is 1.79. The molecule has 0 unspecified atom stereocenters. The lowest BCUT2D eigenvalue weighted by molar-refractivity contribution is 0.104. The van der Waals surface area contributed by atoms with E-state index in [1.54, 1.807) is 43.4 Å². The second-order valence-corrected chi connectivity index (χ2v) is 8.73. The molecule has 6 nitrogen and oxygen atoms in total. The van der Waals surface area contributed by atoms with Crippen LogP contribution in [0.25, 0.3) is 11.3 Å². The van der Waals surface area contributed by atoms with Crippen LogP contribution >= 0.6 is 22.9 Å². The number of thiazole rings is 1. The van der Waals surface area contributed by atoms with Crippen LogP contribution in [0, 0.1) is 0 Å². The maximum absolute atomic E-state index is 13.6. The lowest BCUT2D eigenvalue weighted by Gasteiger charge is -2.09. The van der Waals surface area contributed by atoms with E-state index in [0.717, 1.165) is 10.6 Å². The minimum atomic E-state index is -0.137. The van der Waals surface area contributed by atoms with Gasteiger partial charge < -0.3 is 9.47 Å². The predicted octanol–water partition coefficient (Wildman–Crippen LogP) is 5.71. The van der Waals surface area contributed by atoms with Crippen LogP contribution in [0.15, 0.2) is 60.9 Å². The predicted molar refractivity (Wildman–Crippen MR) is 126 cm³/mol. The Bertz CT molecular complexity index is 1250. The van der Waals surface area contributed by atoms with E-state index in [4.69, 9.17) is 26.1 Å². The highest BCUT2D eigenvalue weighted by atomic mass is 35.5. The van der Waals surface area contributed by atoms with Gasteiger partial charge in [-0.05, 0) is 31.2 Å². The van der Waals surface area contributed by atoms with Crippen molar-refractivity contribution in [1.29, 1.82) is 0 Å². The zero-order valence-corrected chi connectivity index (χ0v) is 19.5. The van der Waals surface area contributed by atoms with Crippen LogP contribution in [0.2, 0.25) is 5.02 Å². The molecule has 0 radical (unpaired) electrons. The van der Waals surface area contributed by atoms with Crippen molar-refractivity contribution in [1.82, 2.24) is 14.8 Å². The summed E-state index contributed by atoms with van der Waals surface area (Å²) in [5, 5.41) is 5.69. The number of carbonyl (C=O) groups is 1. The largest absolute Gasteiger partial charge is 0.496 e. The molecule has 4 aromatic rings. The first-order chi connectivity index (χ1) is 15.5. The standard InChI is InChI=1S/C24H22ClN3O3S/c1-15(28-14-16(25)13-26-28)12-21-27-22(17-8-4-6-10-19(17)30-2)24(32-21)23(29)18-9-5-7-11-20(18)31-3/h4-11,13-15H,12H2,1-3H3/t15-/m0/s1. The molecule has 32 heavy (non-hydrogen) atoms. The summed E-state index contributed by atoms with van der Waals surface area (Å²) in [6, 6.07) is 14.8. The van der Waals surface area contributed by atoms with Gasteiger partial charge in [-0.25, -0.2) is 4.98 Å². The molecule has 2 aromatic carbocycles. The molecule has 0 spiro atoms. The van der Waals surface area contributed by atoms with Crippen LogP contribution in [0.5, 0.6) is 11.5 Å². The van der Waals surface area contributed by atoms with E-state index in [0.29, 0.717) is 39.1 Å². The Morgan fingerprint density at radius 1 is 1.09 bits per heavy atom. The van der Waals surface area contributed by atoms with Crippen molar-refractivity contribution < 1.29 is 14.3 Å². The fourth-order valence-electron chi connectivity index (χ4n) is 3.49. The number of hydrogen-bond acceptors (Lipinski definition) is 6. The van der Waals surface area contributed by atoms with Crippen LogP contribution < -0.4 is 9.47 Å². The van der Waals surface area contributed by atoms with E-state index in [1.165, 1.54) is 11.3 Å². The Kier molecular flexibility index (Phi) is 6.58. The topological polar surface area (TPSA) is 66.2 Å². The molecule has 0 amide bonds. The molecule has 0 bridgehead atoms. The third kappa shape index (κ3) is 4.40. The Hall–Kier alpha value is -3.16. The number of ketones is 1. The molecule has 4 rings (SSSR count). The summed E-state index contributed by atoms with van der Waals surface area (Å²) < 4.78 is 12.8. The molecular formula is C24H22ClN3O3S. The van der Waals surface area contributed by atoms with Crippen molar-refractivity contribution in [3.63, 3.8) is 0 Å². The number of nitrogens with zero attached hydrogens (tertiary/aromatic N) is 3. The van der Waals surface area contributed by atoms with E-state index in [2.05, 4.69) is 5.10 Å². The number of para-hydroxylation sites is 2. The molecule has 2 heterocycles. The monoisotopic (exact) mass is 467 g/mol. The van der Waals surface area contributed by atoms with Crippen molar-refractivity contribution in [2.24, 2.45) is 0 Å². The Morgan fingerprint density at radius 2 is 1.78 bits per heavy atom. The summed E-state index contributed by atoms with van der Waals surface area (Å²) in [5.74, 6) is 1.05. The highest BCUT2D eigenvalue weighted by Crippen LogP contribution is 2.37. The number of ether oxygens (including phenoxy) is 2. The van der Waals surface area contributed by atoms with E-state index < -0.39 is 0 Å². The molecule has 2 aromatic heterocycles. The molecule has 8 heteroatoms. The van der Waals surface area contributed by atoms with E-state index >= 15 is 0 Å². The fraction of sp³-hybridized carbons (Fsp3) is 0.208. The van der Waals surface area contributed by atoms with Gasteiger partial charge in [0.15, 0.2) is 0 Å². The van der Waals surface area contributed by atoms with Crippen LogP contribution in [0.3, 0.4) is 0 Å². The fourth-order valence-corrected chi connectivity index (χ4v) is 4.78. The number of methoxy groups -OCH3 is 2. The first kappa shape index (κ1) is 22.0. The molecule has 164 valence electrons. The van der Waals surface area contributed by atoms with Gasteiger partial charge in [0.1, 0.15) is 16.4 Å². The van der Waals surface area contributed by atoms with Gasteiger partial charge in [-0.2, -0.15) is 5.10 Å². The lowest BCUT2D eigenvalue weighted by Crippen LogP contribution is -2.08. The van der Waals surface area contributed by atoms with Crippen LogP contribution in [0.1, 0.15) is 33.2 Å². The van der Waals surface area contributed by atoms with Crippen molar-refractivity contribution >= 4 is 28.7 Å². The first-order valence-corrected chi connectivity index (χ1v) is 11.2. The van der Waals surface area contributed by atoms with Crippen LogP contribution in [-0.2, 0) is 6.42 Å². The van der Waals surface area contributed by atoms with Crippen molar-refractivity contribution in [3.8, 4) is 22.8 Å². The van der Waals surface area contributed by atoms with Gasteiger partial charge in [0.2, 0.25) is 5.78 Å². The maximum atomic E-state index is 13.6. The van der Waals surface area contributed by atoms with Gasteiger partial charge in [-0.3, -0.25) is 9.48 Å². The van der Waals surface area contributed by atoms with Crippen molar-refractivity contribution in [3.05, 3.63) is 81.4 Å². The third-order valence-corrected chi connectivity index (χ3v) is 6.35. The highest BCUT2D eigenvalue weighted by molar-refractivity contribution is 7.14. The normalized spacial score (nSPS) is 11.9. The molecule has 0 saturated heterocycles. The molecule has 0 aliphatic rings. The van der Waals surface area contributed by atoms with E-state index in [-0.39, 0.29) is 11.8 Å². The van der Waals surface area contributed by atoms with Crippen molar-refractivity contribution in [2.75, 3.05) is 14.2 Å². The minimum absolute atomic E-state index is 0.0217. The van der Waals surface area contributed by atoms with Crippen molar-refractivity contribution in [2.45, 2.75) is 19.4 Å². The molecule has 0 saturated carbocycles. The zero-order valence-electron chi connectivity index (χ0n) is 17.9. The number of benzene rings is 2. The lowest BCUT2D eigenvalue weighted by atomic mass is 10.0. The van der Waals surface area contributed by atoms with Gasteiger partial charge in [0, 0.05) is 18.2 Å². The Labute approximate surface area is 195 Å². The zero-order chi connectivity index (χ0) is 22.7. The van der Waals surface area contributed by atoms with E-state index in [1.807, 2.05) is 43.3 Å². The summed E-state index contributed by atoms with van der Waals surface area (Å²) in [7, 11) is 3.17. The van der Waals surface area contributed by atoms with Crippen LogP contribution in [0.4, 0.5) is 0 Å². The van der Waals surface area contributed by atoms with Crippen LogP contribution in [-0.4, -0.2) is 34.8 Å². The summed E-state index contributed by atoms with van der Waals surface area (Å²) in [6.45, 7) is 2.04. The minimum Gasteiger partial charge on any atom is -0.496 e. The molecule has 0 aliphatic carbocycles. The molecule has 0 fully saturated rings. The molecule has 0 N–H and O–H groups in total. The molecular weight excluding hydrogens is 446 g/mol. The summed E-state index contributed by atoms with van der Waals surface area (Å²) in [4.78, 5) is 19.0. The third-order valence-electron chi connectivity index (χ3n) is 5.08. The summed E-state index contributed by atoms with van der Waals surface area (Å²) >= 11 is 7.40. The van der Waals surface area contributed by atoms with E-state index in [9.17, 15) is 4.79 Å². The number of rotatable bonds is 8. The number of hydrogen-bond donors (Lipinski definition) is 0. The number of carbonyl (C=O) groups excluding carboxylic acids is 1. The average Bonchev–Trinajstić information content (AvgIpc) is 3.44. The SMILES string of the molecule is COc1ccccc1C(=O)c1sc(C[C@H](C)n2cc(Cl)cn2)nc1-c1ccccc1OC. The average molecular weight is 468 g/mol. The first-order valence-electron chi connectivity index (χ1n) is 10.0. The van der Waals surface area contributed by atoms with Gasteiger partial charge in [0.05, 0.1) is 47.7 Å². The maximum Gasteiger partial charge on any atom is 0.208 e. The summed E-state index contributed by atoms with van der Waals surface area (Å²) in [5.41, 5.74) is 1.86. The summed E-state index contributed by atoms with van der Waals surface area (Å²) in [6.07, 6.45) is 3.99. The number of halogens is 1. The van der Waals surface area contributed by atoms with Gasteiger partial charge >= 0.3 is 0 Å². The second-order valence-electron chi connectivity index (χ2n) is 7.21. The number of aromatic nitrogens is 3. The quantitative estimate of drug-likeness (QED) is 0.310. The van der Waals surface area contributed by atoms with Gasteiger partial charge in [-0.1, -0.05) is 35.9 Å². The molecule has 0 aliphatic heterocycles. The molecule has 1 atom stereocenters. The highest BCUT2D eigenvalue weighted by Gasteiger charge is 2.25. The Morgan fingerprint density at radius 3 is 2.47 bits per heavy atom. The smallest absolute Gasteiger partial charge is 0.208 e. The second kappa shape index (κ2) is 9.54. The van der Waals surface area contributed by atoms with Gasteiger partial charge in [0.25, 0.3) is 0 Å². The van der Waals surface area contributed by atoms with Gasteiger partial charge in [-0.15, -0.1) is 11.3 Å².